The van der Waals surface area contributed by atoms with Crippen molar-refractivity contribution in [1.29, 1.82) is 0 Å². The molecule has 0 aliphatic rings. The van der Waals surface area contributed by atoms with Gasteiger partial charge in [0.05, 0.1) is 11.0 Å². The highest BCUT2D eigenvalue weighted by Gasteiger charge is 2.11. The lowest BCUT2D eigenvalue weighted by atomic mass is 9.96. The molecule has 2 heteroatoms. The quantitative estimate of drug-likeness (QED) is 0.206. The van der Waals surface area contributed by atoms with E-state index in [1.54, 1.807) is 11.8 Å². The Morgan fingerprint density at radius 3 is 1.33 bits per heavy atom. The first-order valence-corrected chi connectivity index (χ1v) is 14.4. The third-order valence-corrected chi connectivity index (χ3v) is 8.26. The van der Waals surface area contributed by atoms with Crippen LogP contribution in [0.4, 0.5) is 0 Å². The molecule has 1 aromatic heterocycles. The van der Waals surface area contributed by atoms with Gasteiger partial charge in [-0.05, 0) is 88.2 Å². The largest absolute Gasteiger partial charge is 0.309 e. The SMILES string of the molecule is CSc1ccc(-c2cccc(-c3cccc(-c4ccc(-n5c6ccccc6c6ccccc65)cc4)c3)c2)cc1. The zero-order valence-corrected chi connectivity index (χ0v) is 22.5. The maximum Gasteiger partial charge on any atom is 0.0541 e. The van der Waals surface area contributed by atoms with Crippen molar-refractivity contribution in [1.82, 2.24) is 4.57 Å². The van der Waals surface area contributed by atoms with Crippen LogP contribution in [0.1, 0.15) is 0 Å². The highest BCUT2D eigenvalue weighted by atomic mass is 32.2. The molecule has 0 saturated carbocycles. The van der Waals surface area contributed by atoms with Gasteiger partial charge in [0.1, 0.15) is 0 Å². The van der Waals surface area contributed by atoms with Crippen molar-refractivity contribution < 1.29 is 0 Å². The van der Waals surface area contributed by atoms with Crippen LogP contribution in [0.25, 0.3) is 60.9 Å². The molecule has 6 aromatic carbocycles. The molecule has 0 atom stereocenters. The summed E-state index contributed by atoms with van der Waals surface area (Å²) in [7, 11) is 0. The molecule has 0 unspecified atom stereocenters. The highest BCUT2D eigenvalue weighted by molar-refractivity contribution is 7.98. The normalized spacial score (nSPS) is 11.3. The molecule has 186 valence electrons. The fraction of sp³-hybridized carbons (Fsp3) is 0.0270. The van der Waals surface area contributed by atoms with Crippen LogP contribution in [0, 0.1) is 0 Å². The summed E-state index contributed by atoms with van der Waals surface area (Å²) in [6, 6.07) is 52.7. The van der Waals surface area contributed by atoms with Crippen LogP contribution in [0.3, 0.4) is 0 Å². The lowest BCUT2D eigenvalue weighted by molar-refractivity contribution is 1.18. The number of hydrogen-bond acceptors (Lipinski definition) is 1. The van der Waals surface area contributed by atoms with Gasteiger partial charge in [0.15, 0.2) is 0 Å². The lowest BCUT2D eigenvalue weighted by Gasteiger charge is -2.11. The van der Waals surface area contributed by atoms with Crippen LogP contribution >= 0.6 is 11.8 Å². The number of para-hydroxylation sites is 2. The molecule has 0 fully saturated rings. The van der Waals surface area contributed by atoms with Crippen molar-refractivity contribution in [3.63, 3.8) is 0 Å². The molecule has 0 radical (unpaired) electrons. The second kappa shape index (κ2) is 9.98. The molecule has 0 bridgehead atoms. The topological polar surface area (TPSA) is 4.93 Å². The molecule has 1 heterocycles. The van der Waals surface area contributed by atoms with Gasteiger partial charge in [0.25, 0.3) is 0 Å². The molecule has 0 saturated heterocycles. The third kappa shape index (κ3) is 4.33. The molecule has 1 nitrogen and oxygen atoms in total. The predicted octanol–water partition coefficient (Wildman–Crippen LogP) is 10.5. The second-order valence-electron chi connectivity index (χ2n) is 9.81. The number of aromatic nitrogens is 1. The van der Waals surface area contributed by atoms with E-state index in [0.29, 0.717) is 0 Å². The van der Waals surface area contributed by atoms with Crippen LogP contribution in [0.2, 0.25) is 0 Å². The van der Waals surface area contributed by atoms with Gasteiger partial charge in [-0.3, -0.25) is 0 Å². The Morgan fingerprint density at radius 1 is 0.410 bits per heavy atom. The Morgan fingerprint density at radius 2 is 0.846 bits per heavy atom. The Labute approximate surface area is 233 Å². The van der Waals surface area contributed by atoms with E-state index in [2.05, 4.69) is 156 Å². The monoisotopic (exact) mass is 517 g/mol. The number of thioether (sulfide) groups is 1. The average Bonchev–Trinajstić information content (AvgIpc) is 3.36. The Balaban J connectivity index is 1.23. The lowest BCUT2D eigenvalue weighted by Crippen LogP contribution is -1.93. The highest BCUT2D eigenvalue weighted by Crippen LogP contribution is 2.34. The van der Waals surface area contributed by atoms with Gasteiger partial charge in [-0.2, -0.15) is 0 Å². The molecule has 0 N–H and O–H groups in total. The average molecular weight is 518 g/mol. The molecule has 39 heavy (non-hydrogen) atoms. The number of rotatable bonds is 5. The number of benzene rings is 6. The van der Waals surface area contributed by atoms with Crippen LogP contribution in [0.15, 0.2) is 150 Å². The smallest absolute Gasteiger partial charge is 0.0541 e. The van der Waals surface area contributed by atoms with E-state index in [4.69, 9.17) is 0 Å². The van der Waals surface area contributed by atoms with Gasteiger partial charge in [-0.15, -0.1) is 11.8 Å². The summed E-state index contributed by atoms with van der Waals surface area (Å²) in [5.74, 6) is 0. The van der Waals surface area contributed by atoms with E-state index in [9.17, 15) is 0 Å². The maximum atomic E-state index is 2.36. The minimum Gasteiger partial charge on any atom is -0.309 e. The summed E-state index contributed by atoms with van der Waals surface area (Å²) in [6.45, 7) is 0. The van der Waals surface area contributed by atoms with Crippen LogP contribution < -0.4 is 0 Å². The molecule has 7 aromatic rings. The van der Waals surface area contributed by atoms with Crippen molar-refractivity contribution in [2.24, 2.45) is 0 Å². The zero-order valence-electron chi connectivity index (χ0n) is 21.7. The van der Waals surface area contributed by atoms with Crippen molar-refractivity contribution in [2.45, 2.75) is 4.90 Å². The summed E-state index contributed by atoms with van der Waals surface area (Å²) in [5.41, 5.74) is 11.0. The first kappa shape index (κ1) is 23.6. The van der Waals surface area contributed by atoms with E-state index in [0.717, 1.165) is 0 Å². The Bertz CT molecular complexity index is 1870. The maximum absolute atomic E-state index is 2.36. The van der Waals surface area contributed by atoms with Crippen molar-refractivity contribution in [3.05, 3.63) is 146 Å². The van der Waals surface area contributed by atoms with Crippen LogP contribution in [0.5, 0.6) is 0 Å². The van der Waals surface area contributed by atoms with E-state index >= 15 is 0 Å². The Hall–Kier alpha value is -4.53. The summed E-state index contributed by atoms with van der Waals surface area (Å²) in [4.78, 5) is 1.28. The van der Waals surface area contributed by atoms with Crippen LogP contribution in [-0.4, -0.2) is 10.8 Å². The minimum absolute atomic E-state index is 1.17. The van der Waals surface area contributed by atoms with Crippen molar-refractivity contribution >= 4 is 33.6 Å². The molecule has 7 rings (SSSR count). The van der Waals surface area contributed by atoms with E-state index in [-0.39, 0.29) is 0 Å². The number of fused-ring (bicyclic) bond motifs is 3. The van der Waals surface area contributed by atoms with Gasteiger partial charge in [0.2, 0.25) is 0 Å². The molecular formula is C37H27NS. The summed E-state index contributed by atoms with van der Waals surface area (Å²) in [6.07, 6.45) is 2.11. The Kier molecular flexibility index (Phi) is 6.03. The number of hydrogen-bond donors (Lipinski definition) is 0. The first-order valence-electron chi connectivity index (χ1n) is 13.2. The van der Waals surface area contributed by atoms with Gasteiger partial charge >= 0.3 is 0 Å². The van der Waals surface area contributed by atoms with Gasteiger partial charge in [0, 0.05) is 21.4 Å². The predicted molar refractivity (Wildman–Crippen MR) is 169 cm³/mol. The van der Waals surface area contributed by atoms with Crippen molar-refractivity contribution in [2.75, 3.05) is 6.26 Å². The molecule has 0 aliphatic heterocycles. The van der Waals surface area contributed by atoms with Crippen molar-refractivity contribution in [3.8, 4) is 39.1 Å². The van der Waals surface area contributed by atoms with E-state index < -0.39 is 0 Å². The second-order valence-corrected chi connectivity index (χ2v) is 10.7. The standard InChI is InChI=1S/C37H27NS/c1-39-33-22-18-27(19-23-33)29-9-7-11-31(25-29)30-10-6-8-28(24-30)26-16-20-32(21-17-26)38-36-14-4-2-12-34(36)35-13-3-5-15-37(35)38/h2-25H,1H3. The molecular weight excluding hydrogens is 490 g/mol. The first-order chi connectivity index (χ1) is 19.3. The van der Waals surface area contributed by atoms with E-state index in [1.165, 1.54) is 65.8 Å². The summed E-state index contributed by atoms with van der Waals surface area (Å²) in [5, 5.41) is 2.57. The third-order valence-electron chi connectivity index (χ3n) is 7.52. The summed E-state index contributed by atoms with van der Waals surface area (Å²) >= 11 is 1.77. The molecule has 0 aliphatic carbocycles. The molecule has 0 amide bonds. The summed E-state index contributed by atoms with van der Waals surface area (Å²) < 4.78 is 2.36. The van der Waals surface area contributed by atoms with Gasteiger partial charge in [-0.1, -0.05) is 97.1 Å². The van der Waals surface area contributed by atoms with E-state index in [1.807, 2.05) is 0 Å². The fourth-order valence-electron chi connectivity index (χ4n) is 5.54. The van der Waals surface area contributed by atoms with Gasteiger partial charge in [-0.25, -0.2) is 0 Å². The van der Waals surface area contributed by atoms with Gasteiger partial charge < -0.3 is 4.57 Å². The molecule has 0 spiro atoms. The van der Waals surface area contributed by atoms with Crippen LogP contribution in [-0.2, 0) is 0 Å². The minimum atomic E-state index is 1.17. The number of nitrogens with zero attached hydrogens (tertiary/aromatic N) is 1. The fourth-order valence-corrected chi connectivity index (χ4v) is 5.95. The zero-order chi connectivity index (χ0) is 26.2.